The Morgan fingerprint density at radius 3 is 2.96 bits per heavy atom. The zero-order chi connectivity index (χ0) is 18.1. The molecule has 0 radical (unpaired) electrons. The summed E-state index contributed by atoms with van der Waals surface area (Å²) < 4.78 is 11.2. The molecule has 0 spiro atoms. The molecule has 2 fully saturated rings. The summed E-state index contributed by atoms with van der Waals surface area (Å²) in [5.41, 5.74) is 2.46. The molecule has 2 aromatic rings. The highest BCUT2D eigenvalue weighted by atomic mass is 16.5. The standard InChI is InChI=1S/C18H23N5O3/c1-11-14(12(2)26-22-11)7-23-8-15-13(10-25-17(15)9-23)5-21-18(24)16-6-19-3-4-20-16/h3-4,6,13,15,17H,5,7-10H2,1-2H3,(H,21,24)/t13-,15-,17-/m1/s1. The van der Waals surface area contributed by atoms with Crippen molar-refractivity contribution >= 4 is 5.91 Å². The second kappa shape index (κ2) is 7.13. The van der Waals surface area contributed by atoms with E-state index in [4.69, 9.17) is 9.26 Å². The Balaban J connectivity index is 1.33. The number of rotatable bonds is 5. The average Bonchev–Trinajstić information content (AvgIpc) is 3.31. The second-order valence-electron chi connectivity index (χ2n) is 7.09. The SMILES string of the molecule is Cc1noc(C)c1CN1C[C@@H]2[C@H](CNC(=O)c3cnccn3)CO[C@@H]2C1. The summed E-state index contributed by atoms with van der Waals surface area (Å²) in [7, 11) is 0. The second-order valence-corrected chi connectivity index (χ2v) is 7.09. The lowest BCUT2D eigenvalue weighted by Gasteiger charge is -2.19. The van der Waals surface area contributed by atoms with Crippen LogP contribution in [0.3, 0.4) is 0 Å². The monoisotopic (exact) mass is 357 g/mol. The molecule has 0 aliphatic carbocycles. The maximum Gasteiger partial charge on any atom is 0.271 e. The number of hydrogen-bond donors (Lipinski definition) is 1. The number of hydrogen-bond acceptors (Lipinski definition) is 7. The van der Waals surface area contributed by atoms with Crippen molar-refractivity contribution in [1.29, 1.82) is 0 Å². The van der Waals surface area contributed by atoms with E-state index in [1.807, 2.05) is 13.8 Å². The highest BCUT2D eigenvalue weighted by Gasteiger charge is 2.43. The third kappa shape index (κ3) is 3.34. The number of aryl methyl sites for hydroxylation is 2. The Bertz CT molecular complexity index is 759. The lowest BCUT2D eigenvalue weighted by Crippen LogP contribution is -2.34. The minimum absolute atomic E-state index is 0.188. The van der Waals surface area contributed by atoms with Gasteiger partial charge < -0.3 is 14.6 Å². The van der Waals surface area contributed by atoms with Gasteiger partial charge in [0.1, 0.15) is 11.5 Å². The zero-order valence-corrected chi connectivity index (χ0v) is 15.0. The summed E-state index contributed by atoms with van der Waals surface area (Å²) in [6.45, 7) is 7.91. The molecule has 2 aromatic heterocycles. The van der Waals surface area contributed by atoms with E-state index < -0.39 is 0 Å². The highest BCUT2D eigenvalue weighted by Crippen LogP contribution is 2.34. The van der Waals surface area contributed by atoms with Crippen LogP contribution in [-0.4, -0.2) is 58.3 Å². The van der Waals surface area contributed by atoms with Crippen LogP contribution < -0.4 is 5.32 Å². The van der Waals surface area contributed by atoms with E-state index in [1.54, 1.807) is 6.20 Å². The minimum atomic E-state index is -0.188. The lowest BCUT2D eigenvalue weighted by atomic mass is 9.93. The maximum absolute atomic E-state index is 12.2. The van der Waals surface area contributed by atoms with Crippen LogP contribution in [0.4, 0.5) is 0 Å². The molecule has 4 rings (SSSR count). The first-order chi connectivity index (χ1) is 12.6. The minimum Gasteiger partial charge on any atom is -0.376 e. The molecule has 0 bridgehead atoms. The van der Waals surface area contributed by atoms with Crippen LogP contribution in [0.25, 0.3) is 0 Å². The Kier molecular flexibility index (Phi) is 4.69. The third-order valence-electron chi connectivity index (χ3n) is 5.40. The smallest absolute Gasteiger partial charge is 0.271 e. The molecule has 138 valence electrons. The molecule has 1 amide bonds. The number of nitrogens with zero attached hydrogens (tertiary/aromatic N) is 4. The largest absolute Gasteiger partial charge is 0.376 e. The first-order valence-electron chi connectivity index (χ1n) is 8.91. The van der Waals surface area contributed by atoms with E-state index in [0.29, 0.717) is 30.7 Å². The fourth-order valence-corrected chi connectivity index (χ4v) is 3.90. The van der Waals surface area contributed by atoms with Crippen LogP contribution in [0, 0.1) is 25.7 Å². The van der Waals surface area contributed by atoms with Crippen LogP contribution in [0.5, 0.6) is 0 Å². The van der Waals surface area contributed by atoms with E-state index in [0.717, 1.165) is 36.7 Å². The van der Waals surface area contributed by atoms with E-state index in [9.17, 15) is 4.79 Å². The maximum atomic E-state index is 12.2. The van der Waals surface area contributed by atoms with Crippen molar-refractivity contribution in [3.05, 3.63) is 41.3 Å². The van der Waals surface area contributed by atoms with E-state index in [-0.39, 0.29) is 12.0 Å². The van der Waals surface area contributed by atoms with Crippen LogP contribution in [-0.2, 0) is 11.3 Å². The van der Waals surface area contributed by atoms with Crippen molar-refractivity contribution < 1.29 is 14.1 Å². The summed E-state index contributed by atoms with van der Waals surface area (Å²) in [4.78, 5) is 22.5. The van der Waals surface area contributed by atoms with Crippen molar-refractivity contribution in [3.8, 4) is 0 Å². The summed E-state index contributed by atoms with van der Waals surface area (Å²) in [6, 6.07) is 0. The zero-order valence-electron chi connectivity index (χ0n) is 15.0. The molecule has 3 atom stereocenters. The number of fused-ring (bicyclic) bond motifs is 1. The lowest BCUT2D eigenvalue weighted by molar-refractivity contribution is 0.0900. The number of aromatic nitrogens is 3. The molecule has 0 saturated carbocycles. The molecular formula is C18H23N5O3. The van der Waals surface area contributed by atoms with Crippen LogP contribution in [0.2, 0.25) is 0 Å². The first kappa shape index (κ1) is 17.1. The van der Waals surface area contributed by atoms with Gasteiger partial charge in [0.05, 0.1) is 24.6 Å². The normalized spacial score (nSPS) is 25.4. The number of amides is 1. The molecule has 2 aliphatic rings. The predicted octanol–water partition coefficient (Wildman–Crippen LogP) is 0.958. The van der Waals surface area contributed by atoms with Gasteiger partial charge in [-0.25, -0.2) is 4.98 Å². The fraction of sp³-hybridized carbons (Fsp3) is 0.556. The van der Waals surface area contributed by atoms with Crippen molar-refractivity contribution in [2.24, 2.45) is 11.8 Å². The molecule has 26 heavy (non-hydrogen) atoms. The topological polar surface area (TPSA) is 93.4 Å². The van der Waals surface area contributed by atoms with Gasteiger partial charge in [0.15, 0.2) is 0 Å². The molecule has 4 heterocycles. The number of nitrogens with one attached hydrogen (secondary N) is 1. The van der Waals surface area contributed by atoms with Crippen LogP contribution >= 0.6 is 0 Å². The Morgan fingerprint density at radius 2 is 2.23 bits per heavy atom. The van der Waals surface area contributed by atoms with Gasteiger partial charge in [0, 0.05) is 56.0 Å². The average molecular weight is 357 g/mol. The van der Waals surface area contributed by atoms with E-state index in [2.05, 4.69) is 25.3 Å². The molecular weight excluding hydrogens is 334 g/mol. The van der Waals surface area contributed by atoms with Gasteiger partial charge in [-0.3, -0.25) is 14.7 Å². The first-order valence-corrected chi connectivity index (χ1v) is 8.91. The molecule has 8 heteroatoms. The van der Waals surface area contributed by atoms with E-state index >= 15 is 0 Å². The van der Waals surface area contributed by atoms with Gasteiger partial charge in [-0.05, 0) is 13.8 Å². The molecule has 8 nitrogen and oxygen atoms in total. The molecule has 2 aliphatic heterocycles. The third-order valence-corrected chi connectivity index (χ3v) is 5.40. The van der Waals surface area contributed by atoms with Crippen molar-refractivity contribution in [1.82, 2.24) is 25.3 Å². The molecule has 0 aromatic carbocycles. The summed E-state index contributed by atoms with van der Waals surface area (Å²) in [5, 5.41) is 7.00. The molecule has 2 saturated heterocycles. The Morgan fingerprint density at radius 1 is 1.35 bits per heavy atom. The predicted molar refractivity (Wildman–Crippen MR) is 92.3 cm³/mol. The van der Waals surface area contributed by atoms with Gasteiger partial charge in [-0.1, -0.05) is 5.16 Å². The highest BCUT2D eigenvalue weighted by molar-refractivity contribution is 5.91. The van der Waals surface area contributed by atoms with Gasteiger partial charge in [-0.15, -0.1) is 0 Å². The molecule has 1 N–H and O–H groups in total. The van der Waals surface area contributed by atoms with Crippen molar-refractivity contribution in [3.63, 3.8) is 0 Å². The number of likely N-dealkylation sites (tertiary alicyclic amines) is 1. The van der Waals surface area contributed by atoms with Gasteiger partial charge in [-0.2, -0.15) is 0 Å². The van der Waals surface area contributed by atoms with Gasteiger partial charge in [0.2, 0.25) is 0 Å². The summed E-state index contributed by atoms with van der Waals surface area (Å²) >= 11 is 0. The van der Waals surface area contributed by atoms with Crippen LogP contribution in [0.1, 0.15) is 27.5 Å². The van der Waals surface area contributed by atoms with Gasteiger partial charge >= 0.3 is 0 Å². The van der Waals surface area contributed by atoms with Gasteiger partial charge in [0.25, 0.3) is 5.91 Å². The van der Waals surface area contributed by atoms with Crippen molar-refractivity contribution in [2.75, 3.05) is 26.2 Å². The number of carbonyl (C=O) groups excluding carboxylic acids is 1. The Labute approximate surface area is 151 Å². The summed E-state index contributed by atoms with van der Waals surface area (Å²) in [6.07, 6.45) is 4.78. The number of carbonyl (C=O) groups is 1. The van der Waals surface area contributed by atoms with Crippen molar-refractivity contribution in [2.45, 2.75) is 26.5 Å². The number of ether oxygens (including phenoxy) is 1. The Hall–Kier alpha value is -2.32. The fourth-order valence-electron chi connectivity index (χ4n) is 3.90. The quantitative estimate of drug-likeness (QED) is 0.852. The van der Waals surface area contributed by atoms with Crippen LogP contribution in [0.15, 0.2) is 23.1 Å². The summed E-state index contributed by atoms with van der Waals surface area (Å²) in [5.74, 6) is 1.44. The molecule has 0 unspecified atom stereocenters. The van der Waals surface area contributed by atoms with E-state index in [1.165, 1.54) is 12.4 Å².